The Morgan fingerprint density at radius 1 is 1.25 bits per heavy atom. The third-order valence-electron chi connectivity index (χ3n) is 1.95. The van der Waals surface area contributed by atoms with Gasteiger partial charge in [-0.3, -0.25) is 0 Å². The molecule has 0 aliphatic carbocycles. The second-order valence-corrected chi connectivity index (χ2v) is 3.69. The molecule has 0 radical (unpaired) electrons. The smallest absolute Gasteiger partial charge is 0.0326 e. The molecule has 0 aliphatic rings. The van der Waals surface area contributed by atoms with E-state index in [1.54, 1.807) is 0 Å². The molecular formula is C12H26. The summed E-state index contributed by atoms with van der Waals surface area (Å²) in [4.78, 5) is 0. The minimum atomic E-state index is 0.884. The molecule has 0 aromatic heterocycles. The van der Waals surface area contributed by atoms with Gasteiger partial charge in [0.1, 0.15) is 0 Å². The van der Waals surface area contributed by atoms with Crippen LogP contribution in [0.25, 0.3) is 0 Å². The molecule has 0 fully saturated rings. The van der Waals surface area contributed by atoms with Crippen molar-refractivity contribution in [1.29, 1.82) is 0 Å². The molecule has 0 nitrogen and oxygen atoms in total. The molecule has 0 saturated carbocycles. The first-order valence-corrected chi connectivity index (χ1v) is 5.20. The van der Waals surface area contributed by atoms with Gasteiger partial charge in [-0.05, 0) is 26.2 Å². The Balaban J connectivity index is 0. The average Bonchev–Trinajstić information content (AvgIpc) is 2.06. The van der Waals surface area contributed by atoms with E-state index in [1.807, 2.05) is 0 Å². The topological polar surface area (TPSA) is 0 Å². The van der Waals surface area contributed by atoms with E-state index >= 15 is 0 Å². The molecule has 0 aromatic carbocycles. The molecule has 0 rings (SSSR count). The van der Waals surface area contributed by atoms with E-state index in [0.717, 1.165) is 5.92 Å². The van der Waals surface area contributed by atoms with Crippen molar-refractivity contribution >= 4 is 0 Å². The highest BCUT2D eigenvalue weighted by Crippen LogP contribution is 2.00. The van der Waals surface area contributed by atoms with Crippen LogP contribution >= 0.6 is 0 Å². The van der Waals surface area contributed by atoms with Crippen LogP contribution in [0.2, 0.25) is 0 Å². The first-order chi connectivity index (χ1) is 5.58. The number of rotatable bonds is 3. The van der Waals surface area contributed by atoms with Crippen LogP contribution in [0.1, 0.15) is 60.8 Å². The molecule has 0 atom stereocenters. The van der Waals surface area contributed by atoms with Crippen molar-refractivity contribution in [2.45, 2.75) is 60.8 Å². The lowest BCUT2D eigenvalue weighted by atomic mass is 10.2. The van der Waals surface area contributed by atoms with Gasteiger partial charge in [-0.15, -0.1) is 0 Å². The lowest BCUT2D eigenvalue weighted by molar-refractivity contribution is 0.626. The summed E-state index contributed by atoms with van der Waals surface area (Å²) in [6, 6.07) is 0. The van der Waals surface area contributed by atoms with Gasteiger partial charge in [-0.2, -0.15) is 0 Å². The van der Waals surface area contributed by atoms with Gasteiger partial charge in [0.25, 0.3) is 0 Å². The van der Waals surface area contributed by atoms with Crippen LogP contribution < -0.4 is 0 Å². The predicted octanol–water partition coefficient (Wildman–Crippen LogP) is 4.81. The van der Waals surface area contributed by atoms with Crippen LogP contribution in [0, 0.1) is 5.92 Å². The highest BCUT2D eigenvalue weighted by molar-refractivity contribution is 4.94. The van der Waals surface area contributed by atoms with Crippen LogP contribution in [0.3, 0.4) is 0 Å². The van der Waals surface area contributed by atoms with Crippen LogP contribution in [0.4, 0.5) is 0 Å². The fraction of sp³-hybridized carbons (Fsp3) is 0.833. The van der Waals surface area contributed by atoms with E-state index in [2.05, 4.69) is 47.6 Å². The molecule has 74 valence electrons. The fourth-order valence-electron chi connectivity index (χ4n) is 0.539. The summed E-state index contributed by atoms with van der Waals surface area (Å²) in [6.07, 6.45) is 6.01. The second kappa shape index (κ2) is 10.7. The van der Waals surface area contributed by atoms with Gasteiger partial charge in [-0.25, -0.2) is 0 Å². The molecular weight excluding hydrogens is 144 g/mol. The van der Waals surface area contributed by atoms with Crippen LogP contribution in [0.5, 0.6) is 0 Å². The monoisotopic (exact) mass is 170 g/mol. The zero-order chi connectivity index (χ0) is 9.98. The van der Waals surface area contributed by atoms with E-state index in [4.69, 9.17) is 0 Å². The van der Waals surface area contributed by atoms with Crippen molar-refractivity contribution in [3.8, 4) is 0 Å². The zero-order valence-electron chi connectivity index (χ0n) is 9.78. The Hall–Kier alpha value is -0.260. The molecule has 0 saturated heterocycles. The molecule has 0 spiro atoms. The minimum absolute atomic E-state index is 0.884. The highest BCUT2D eigenvalue weighted by Gasteiger charge is 1.80. The third-order valence-corrected chi connectivity index (χ3v) is 1.95. The average molecular weight is 170 g/mol. The van der Waals surface area contributed by atoms with Crippen molar-refractivity contribution in [1.82, 2.24) is 0 Å². The summed E-state index contributed by atoms with van der Waals surface area (Å²) in [5.41, 5.74) is 1.50. The van der Waals surface area contributed by atoms with Gasteiger partial charge >= 0.3 is 0 Å². The normalized spacial score (nSPS) is 11.1. The first kappa shape index (κ1) is 14.3. The summed E-state index contributed by atoms with van der Waals surface area (Å²) in [6.45, 7) is 13.1. The molecule has 0 N–H and O–H groups in total. The van der Waals surface area contributed by atoms with Crippen LogP contribution in [-0.4, -0.2) is 0 Å². The molecule has 0 heterocycles. The summed E-state index contributed by atoms with van der Waals surface area (Å²) < 4.78 is 0. The summed E-state index contributed by atoms with van der Waals surface area (Å²) >= 11 is 0. The van der Waals surface area contributed by atoms with E-state index in [-0.39, 0.29) is 0 Å². The van der Waals surface area contributed by atoms with Gasteiger partial charge in [0.15, 0.2) is 0 Å². The van der Waals surface area contributed by atoms with Gasteiger partial charge in [0.05, 0.1) is 0 Å². The molecule has 0 heteroatoms. The number of hydrogen-bond acceptors (Lipinski definition) is 0. The largest absolute Gasteiger partial charge is 0.0887 e. The lowest BCUT2D eigenvalue weighted by Gasteiger charge is -1.91. The summed E-state index contributed by atoms with van der Waals surface area (Å²) in [5, 5.41) is 0. The van der Waals surface area contributed by atoms with Crippen molar-refractivity contribution in [3.05, 3.63) is 11.6 Å². The standard InChI is InChI=1S/C7H14.C5H12/c1-4-6-7(3)5-2;1-4-5(2)3/h5H,4,6H2,1-3H3;5H,4H2,1-3H3/b7-5-;. The van der Waals surface area contributed by atoms with Crippen molar-refractivity contribution in [2.24, 2.45) is 5.92 Å². The Morgan fingerprint density at radius 2 is 1.67 bits per heavy atom. The van der Waals surface area contributed by atoms with E-state index in [0.29, 0.717) is 0 Å². The van der Waals surface area contributed by atoms with Crippen molar-refractivity contribution in [2.75, 3.05) is 0 Å². The second-order valence-electron chi connectivity index (χ2n) is 3.69. The number of hydrogen-bond donors (Lipinski definition) is 0. The van der Waals surface area contributed by atoms with Crippen molar-refractivity contribution < 1.29 is 0 Å². The maximum Gasteiger partial charge on any atom is -0.0326 e. The van der Waals surface area contributed by atoms with Gasteiger partial charge < -0.3 is 0 Å². The Morgan fingerprint density at radius 3 is 1.75 bits per heavy atom. The quantitative estimate of drug-likeness (QED) is 0.533. The lowest BCUT2D eigenvalue weighted by Crippen LogP contribution is -1.77. The van der Waals surface area contributed by atoms with E-state index < -0.39 is 0 Å². The fourth-order valence-corrected chi connectivity index (χ4v) is 0.539. The molecule has 0 bridgehead atoms. The minimum Gasteiger partial charge on any atom is -0.0887 e. The van der Waals surface area contributed by atoms with Gasteiger partial charge in [0.2, 0.25) is 0 Å². The molecule has 12 heavy (non-hydrogen) atoms. The van der Waals surface area contributed by atoms with Crippen molar-refractivity contribution in [3.63, 3.8) is 0 Å². The van der Waals surface area contributed by atoms with Crippen LogP contribution in [0.15, 0.2) is 11.6 Å². The maximum absolute atomic E-state index is 2.22. The first-order valence-electron chi connectivity index (χ1n) is 5.20. The Labute approximate surface area is 79.1 Å². The third kappa shape index (κ3) is 16.4. The summed E-state index contributed by atoms with van der Waals surface area (Å²) in [7, 11) is 0. The maximum atomic E-state index is 2.22. The Kier molecular flexibility index (Phi) is 12.8. The van der Waals surface area contributed by atoms with Gasteiger partial charge in [0, 0.05) is 0 Å². The Bertz CT molecular complexity index is 98.6. The van der Waals surface area contributed by atoms with Crippen LogP contribution in [-0.2, 0) is 0 Å². The molecule has 0 aliphatic heterocycles. The highest BCUT2D eigenvalue weighted by atomic mass is 13.9. The SMILES string of the molecule is C/C=C(/C)CCC.CCC(C)C. The zero-order valence-corrected chi connectivity index (χ0v) is 9.78. The van der Waals surface area contributed by atoms with Gasteiger partial charge in [-0.1, -0.05) is 52.2 Å². The molecule has 0 unspecified atom stereocenters. The number of allylic oxidation sites excluding steroid dienone is 2. The van der Waals surface area contributed by atoms with E-state index in [1.165, 1.54) is 24.8 Å². The van der Waals surface area contributed by atoms with E-state index in [9.17, 15) is 0 Å². The molecule has 0 amide bonds. The predicted molar refractivity (Wildman–Crippen MR) is 59.5 cm³/mol. The molecule has 0 aromatic rings. The summed E-state index contributed by atoms with van der Waals surface area (Å²) in [5.74, 6) is 0.884.